The van der Waals surface area contributed by atoms with Crippen LogP contribution in [0, 0.1) is 0 Å². The van der Waals surface area contributed by atoms with Crippen molar-refractivity contribution in [1.29, 1.82) is 0 Å². The summed E-state index contributed by atoms with van der Waals surface area (Å²) in [5.41, 5.74) is 7.47. The van der Waals surface area contributed by atoms with Gasteiger partial charge in [-0.05, 0) is 40.6 Å². The number of carboxylic acid groups (broad SMARTS) is 1. The number of thiophene rings is 1. The van der Waals surface area contributed by atoms with E-state index in [1.54, 1.807) is 17.4 Å². The van der Waals surface area contributed by atoms with Crippen LogP contribution in [0.4, 0.5) is 5.69 Å². The summed E-state index contributed by atoms with van der Waals surface area (Å²) in [6.07, 6.45) is 0.809. The molecule has 1 heterocycles. The van der Waals surface area contributed by atoms with E-state index in [0.717, 1.165) is 6.42 Å². The van der Waals surface area contributed by atoms with Gasteiger partial charge in [0, 0.05) is 6.42 Å². The first-order valence-electron chi connectivity index (χ1n) is 5.43. The lowest BCUT2D eigenvalue weighted by Crippen LogP contribution is -2.04. The van der Waals surface area contributed by atoms with Crippen molar-refractivity contribution in [3.63, 3.8) is 0 Å². The van der Waals surface area contributed by atoms with Gasteiger partial charge in [-0.25, -0.2) is 4.79 Å². The normalized spacial score (nSPS) is 10.2. The predicted molar refractivity (Wildman–Crippen MR) is 71.3 cm³/mol. The van der Waals surface area contributed by atoms with Crippen molar-refractivity contribution in [3.8, 4) is 5.75 Å². The van der Waals surface area contributed by atoms with Gasteiger partial charge >= 0.3 is 5.97 Å². The Morgan fingerprint density at radius 3 is 2.83 bits per heavy atom. The van der Waals surface area contributed by atoms with Gasteiger partial charge in [0.15, 0.2) is 0 Å². The number of nitrogens with two attached hydrogens (primary N) is 1. The van der Waals surface area contributed by atoms with Gasteiger partial charge in [0.05, 0.1) is 17.9 Å². The maximum atomic E-state index is 10.7. The highest BCUT2D eigenvalue weighted by atomic mass is 32.1. The Hall–Kier alpha value is -2.01. The fraction of sp³-hybridized carbons (Fsp3) is 0.154. The SMILES string of the molecule is Nc1cc(C(=O)O)ccc1OCCc1ccsc1. The standard InChI is InChI=1S/C13H13NO3S/c14-11-7-10(13(15)16)1-2-12(11)17-5-3-9-4-6-18-8-9/h1-2,4,6-8H,3,5,14H2,(H,15,16). The van der Waals surface area contributed by atoms with Crippen LogP contribution in [0.2, 0.25) is 0 Å². The van der Waals surface area contributed by atoms with Crippen LogP contribution in [0.1, 0.15) is 15.9 Å². The third-order valence-corrected chi connectivity index (χ3v) is 3.22. The Labute approximate surface area is 109 Å². The Morgan fingerprint density at radius 2 is 2.22 bits per heavy atom. The first-order chi connectivity index (χ1) is 8.66. The van der Waals surface area contributed by atoms with Crippen molar-refractivity contribution in [3.05, 3.63) is 46.2 Å². The maximum Gasteiger partial charge on any atom is 0.335 e. The van der Waals surface area contributed by atoms with Crippen LogP contribution in [0.25, 0.3) is 0 Å². The smallest absolute Gasteiger partial charge is 0.335 e. The summed E-state index contributed by atoms with van der Waals surface area (Å²) in [5.74, 6) is -0.471. The lowest BCUT2D eigenvalue weighted by molar-refractivity contribution is 0.0697. The van der Waals surface area contributed by atoms with Gasteiger partial charge in [-0.15, -0.1) is 0 Å². The molecule has 0 atom stereocenters. The van der Waals surface area contributed by atoms with Gasteiger partial charge < -0.3 is 15.6 Å². The first-order valence-corrected chi connectivity index (χ1v) is 6.38. The first kappa shape index (κ1) is 12.4. The number of ether oxygens (including phenoxy) is 1. The second kappa shape index (κ2) is 5.55. The molecule has 1 aromatic carbocycles. The molecule has 3 N–H and O–H groups in total. The molecule has 0 aliphatic heterocycles. The number of benzene rings is 1. The van der Waals surface area contributed by atoms with Crippen molar-refractivity contribution >= 4 is 23.0 Å². The molecule has 0 aliphatic rings. The van der Waals surface area contributed by atoms with Gasteiger partial charge in [0.25, 0.3) is 0 Å². The molecule has 0 amide bonds. The number of hydrogen-bond donors (Lipinski definition) is 2. The van der Waals surface area contributed by atoms with E-state index in [4.69, 9.17) is 15.6 Å². The Balaban J connectivity index is 1.95. The second-order valence-corrected chi connectivity index (χ2v) is 4.57. The monoisotopic (exact) mass is 263 g/mol. The summed E-state index contributed by atoms with van der Waals surface area (Å²) >= 11 is 1.65. The number of aromatic carboxylic acids is 1. The molecule has 0 unspecified atom stereocenters. The molecule has 2 rings (SSSR count). The Kier molecular flexibility index (Phi) is 3.84. The molecule has 0 saturated carbocycles. The van der Waals surface area contributed by atoms with E-state index in [1.165, 1.54) is 17.7 Å². The molecule has 2 aromatic rings. The summed E-state index contributed by atoms with van der Waals surface area (Å²) < 4.78 is 5.53. The lowest BCUT2D eigenvalue weighted by atomic mass is 10.2. The van der Waals surface area contributed by atoms with Crippen LogP contribution in [-0.2, 0) is 6.42 Å². The van der Waals surface area contributed by atoms with Crippen molar-refractivity contribution in [2.45, 2.75) is 6.42 Å². The van der Waals surface area contributed by atoms with Crippen molar-refractivity contribution in [2.24, 2.45) is 0 Å². The van der Waals surface area contributed by atoms with Crippen molar-refractivity contribution in [2.75, 3.05) is 12.3 Å². The van der Waals surface area contributed by atoms with Crippen LogP contribution < -0.4 is 10.5 Å². The zero-order valence-corrected chi connectivity index (χ0v) is 10.4. The van der Waals surface area contributed by atoms with E-state index in [2.05, 4.69) is 5.38 Å². The number of anilines is 1. The largest absolute Gasteiger partial charge is 0.491 e. The van der Waals surface area contributed by atoms with E-state index in [0.29, 0.717) is 18.0 Å². The Morgan fingerprint density at radius 1 is 1.39 bits per heavy atom. The van der Waals surface area contributed by atoms with Crippen LogP contribution in [0.15, 0.2) is 35.0 Å². The highest BCUT2D eigenvalue weighted by Gasteiger charge is 2.07. The molecule has 94 valence electrons. The molecular formula is C13H13NO3S. The number of carboxylic acids is 1. The molecule has 4 nitrogen and oxygen atoms in total. The number of nitrogen functional groups attached to an aromatic ring is 1. The van der Waals surface area contributed by atoms with E-state index in [1.807, 2.05) is 11.4 Å². The summed E-state index contributed by atoms with van der Waals surface area (Å²) in [4.78, 5) is 10.7. The molecular weight excluding hydrogens is 250 g/mol. The Bertz CT molecular complexity index is 537. The van der Waals surface area contributed by atoms with Crippen LogP contribution in [-0.4, -0.2) is 17.7 Å². The quantitative estimate of drug-likeness (QED) is 0.813. The fourth-order valence-electron chi connectivity index (χ4n) is 1.53. The molecule has 5 heteroatoms. The van der Waals surface area contributed by atoms with Gasteiger partial charge in [-0.3, -0.25) is 0 Å². The van der Waals surface area contributed by atoms with Gasteiger partial charge in [0.1, 0.15) is 5.75 Å². The third kappa shape index (κ3) is 3.01. The fourth-order valence-corrected chi connectivity index (χ4v) is 2.23. The van der Waals surface area contributed by atoms with E-state index in [9.17, 15) is 4.79 Å². The summed E-state index contributed by atoms with van der Waals surface area (Å²) in [7, 11) is 0. The minimum Gasteiger partial charge on any atom is -0.491 e. The van der Waals surface area contributed by atoms with Crippen LogP contribution in [0.3, 0.4) is 0 Å². The van der Waals surface area contributed by atoms with Crippen LogP contribution >= 0.6 is 11.3 Å². The predicted octanol–water partition coefficient (Wildman–Crippen LogP) is 2.65. The van der Waals surface area contributed by atoms with E-state index >= 15 is 0 Å². The summed E-state index contributed by atoms with van der Waals surface area (Å²) in [6.45, 7) is 0.521. The van der Waals surface area contributed by atoms with E-state index < -0.39 is 5.97 Å². The average molecular weight is 263 g/mol. The third-order valence-electron chi connectivity index (χ3n) is 2.49. The molecule has 0 fully saturated rings. The van der Waals surface area contributed by atoms with Gasteiger partial charge in [0.2, 0.25) is 0 Å². The maximum absolute atomic E-state index is 10.7. The second-order valence-electron chi connectivity index (χ2n) is 3.79. The number of carbonyl (C=O) groups is 1. The van der Waals surface area contributed by atoms with Crippen LogP contribution in [0.5, 0.6) is 5.75 Å². The number of hydrogen-bond acceptors (Lipinski definition) is 4. The molecule has 0 saturated heterocycles. The highest BCUT2D eigenvalue weighted by molar-refractivity contribution is 7.07. The molecule has 0 spiro atoms. The van der Waals surface area contributed by atoms with Crippen molar-refractivity contribution < 1.29 is 14.6 Å². The zero-order chi connectivity index (χ0) is 13.0. The average Bonchev–Trinajstić information content (AvgIpc) is 2.84. The molecule has 0 radical (unpaired) electrons. The highest BCUT2D eigenvalue weighted by Crippen LogP contribution is 2.22. The summed E-state index contributed by atoms with van der Waals surface area (Å²) in [5, 5.41) is 12.9. The zero-order valence-electron chi connectivity index (χ0n) is 9.63. The minimum atomic E-state index is -0.994. The van der Waals surface area contributed by atoms with Crippen molar-refractivity contribution in [1.82, 2.24) is 0 Å². The van der Waals surface area contributed by atoms with Gasteiger partial charge in [-0.1, -0.05) is 0 Å². The molecule has 0 aliphatic carbocycles. The minimum absolute atomic E-state index is 0.165. The lowest BCUT2D eigenvalue weighted by Gasteiger charge is -2.08. The summed E-state index contributed by atoms with van der Waals surface area (Å²) in [6, 6.07) is 6.53. The topological polar surface area (TPSA) is 72.6 Å². The molecule has 1 aromatic heterocycles. The molecule has 18 heavy (non-hydrogen) atoms. The van der Waals surface area contributed by atoms with E-state index in [-0.39, 0.29) is 5.56 Å². The molecule has 0 bridgehead atoms. The number of rotatable bonds is 5. The van der Waals surface area contributed by atoms with Gasteiger partial charge in [-0.2, -0.15) is 11.3 Å².